The molecule has 0 spiro atoms. The zero-order chi connectivity index (χ0) is 15.5. The van der Waals surface area contributed by atoms with Gasteiger partial charge >= 0.3 is 6.09 Å². The summed E-state index contributed by atoms with van der Waals surface area (Å²) in [6.45, 7) is 8.55. The summed E-state index contributed by atoms with van der Waals surface area (Å²) in [4.78, 5) is 24.8. The molecule has 0 fully saturated rings. The summed E-state index contributed by atoms with van der Waals surface area (Å²) in [5.41, 5.74) is 4.35. The molecular weight excluding hydrogens is 304 g/mol. The molecule has 8 heteroatoms. The van der Waals surface area contributed by atoms with Gasteiger partial charge in [-0.15, -0.1) is 5.54 Å². The number of hydrogen-bond acceptors (Lipinski definition) is 6. The van der Waals surface area contributed by atoms with Crippen LogP contribution in [0.25, 0.3) is 10.5 Å². The Morgan fingerprint density at radius 3 is 2.86 bits per heavy atom. The lowest BCUT2D eigenvalue weighted by Crippen LogP contribution is -2.16. The first-order chi connectivity index (χ1) is 9.87. The highest BCUT2D eigenvalue weighted by Crippen LogP contribution is 2.22. The summed E-state index contributed by atoms with van der Waals surface area (Å²) in [5.74, 6) is 3.05. The van der Waals surface area contributed by atoms with Crippen LogP contribution >= 0.6 is 11.3 Å². The van der Waals surface area contributed by atoms with Crippen LogP contribution < -0.4 is 5.32 Å². The minimum absolute atomic E-state index is 0.309. The number of nitrogens with one attached hydrogen (secondary N) is 1. The van der Waals surface area contributed by atoms with Gasteiger partial charge in [0.15, 0.2) is 15.6 Å². The molecule has 21 heavy (non-hydrogen) atoms. The number of anilines is 1. The minimum Gasteiger partial charge on any atom is -0.450 e. The lowest BCUT2D eigenvalue weighted by Gasteiger charge is -2.02. The molecule has 110 valence electrons. The van der Waals surface area contributed by atoms with E-state index in [4.69, 9.17) is 4.74 Å². The Bertz CT molecular complexity index is 727. The Morgan fingerprint density at radius 2 is 2.19 bits per heavy atom. The zero-order valence-corrected chi connectivity index (χ0v) is 14.2. The van der Waals surface area contributed by atoms with Gasteiger partial charge in [-0.2, -0.15) is 4.98 Å². The zero-order valence-electron chi connectivity index (χ0n) is 12.4. The number of ether oxygens (including phenoxy) is 1. The van der Waals surface area contributed by atoms with E-state index in [-0.39, 0.29) is 0 Å². The molecule has 0 unspecified atom stereocenters. The third kappa shape index (κ3) is 4.51. The van der Waals surface area contributed by atoms with Gasteiger partial charge in [0, 0.05) is 0 Å². The molecule has 0 atom stereocenters. The van der Waals surface area contributed by atoms with E-state index in [9.17, 15) is 4.79 Å². The van der Waals surface area contributed by atoms with Gasteiger partial charge in [-0.1, -0.05) is 36.9 Å². The average Bonchev–Trinajstić information content (AvgIpc) is 2.76. The maximum atomic E-state index is 11.3. The number of nitrogens with zero attached hydrogens (tertiary/aromatic N) is 3. The van der Waals surface area contributed by atoms with Crippen LogP contribution in [0.5, 0.6) is 0 Å². The van der Waals surface area contributed by atoms with Crippen molar-refractivity contribution >= 4 is 41.1 Å². The van der Waals surface area contributed by atoms with Crippen molar-refractivity contribution in [2.24, 2.45) is 0 Å². The molecule has 0 saturated carbocycles. The maximum absolute atomic E-state index is 11.3. The van der Waals surface area contributed by atoms with Crippen molar-refractivity contribution in [2.75, 3.05) is 11.9 Å². The van der Waals surface area contributed by atoms with Crippen LogP contribution in [-0.2, 0) is 4.74 Å². The average molecular weight is 320 g/mol. The fraction of sp³-hybridized carbons (Fsp3) is 0.385. The molecule has 0 saturated heterocycles. The number of aromatic nitrogens is 3. The van der Waals surface area contributed by atoms with E-state index < -0.39 is 14.2 Å². The van der Waals surface area contributed by atoms with E-state index >= 15 is 0 Å². The molecule has 0 radical (unpaired) electrons. The Morgan fingerprint density at radius 1 is 1.43 bits per heavy atom. The lowest BCUT2D eigenvalue weighted by molar-refractivity contribution is 0.168. The fourth-order valence-corrected chi connectivity index (χ4v) is 2.63. The Kier molecular flexibility index (Phi) is 4.55. The van der Waals surface area contributed by atoms with Gasteiger partial charge in [0.05, 0.1) is 12.8 Å². The van der Waals surface area contributed by atoms with Crippen molar-refractivity contribution < 1.29 is 9.53 Å². The standard InChI is InChI=1S/C13H16N4O2SSi/c1-5-19-13(18)17-12-16-10-11(20-12)15-9(8-14-10)6-7-21(2,3)4/h8H,5H2,1-4H3,(H,14,16,17,18). The van der Waals surface area contributed by atoms with Crippen LogP contribution in [0.15, 0.2) is 6.20 Å². The van der Waals surface area contributed by atoms with Gasteiger partial charge in [-0.05, 0) is 6.92 Å². The molecule has 1 amide bonds. The van der Waals surface area contributed by atoms with Crippen molar-refractivity contribution in [2.45, 2.75) is 26.6 Å². The molecule has 0 aliphatic heterocycles. The smallest absolute Gasteiger partial charge is 0.413 e. The number of hydrogen-bond donors (Lipinski definition) is 1. The molecule has 2 aromatic heterocycles. The van der Waals surface area contributed by atoms with Gasteiger partial charge in [0.1, 0.15) is 13.8 Å². The number of thiazole rings is 1. The highest BCUT2D eigenvalue weighted by Gasteiger charge is 2.11. The molecule has 2 rings (SSSR count). The van der Waals surface area contributed by atoms with Crippen molar-refractivity contribution in [3.63, 3.8) is 0 Å². The molecular formula is C13H16N4O2SSi. The summed E-state index contributed by atoms with van der Waals surface area (Å²) in [5, 5.41) is 2.96. The first-order valence-electron chi connectivity index (χ1n) is 6.48. The Hall–Kier alpha value is -1.98. The third-order valence-corrected chi connectivity index (χ3v) is 3.90. The quantitative estimate of drug-likeness (QED) is 0.680. The van der Waals surface area contributed by atoms with Crippen molar-refractivity contribution in [1.29, 1.82) is 0 Å². The second-order valence-corrected chi connectivity index (χ2v) is 11.0. The van der Waals surface area contributed by atoms with E-state index in [1.165, 1.54) is 11.3 Å². The van der Waals surface area contributed by atoms with E-state index in [0.29, 0.717) is 27.9 Å². The normalized spacial score (nSPS) is 10.9. The predicted octanol–water partition coefficient (Wildman–Crippen LogP) is 2.88. The van der Waals surface area contributed by atoms with Gasteiger partial charge in [-0.3, -0.25) is 5.32 Å². The first kappa shape index (κ1) is 15.4. The number of fused-ring (bicyclic) bond motifs is 1. The molecule has 6 nitrogen and oxygen atoms in total. The van der Waals surface area contributed by atoms with Gasteiger partial charge < -0.3 is 4.74 Å². The van der Waals surface area contributed by atoms with Gasteiger partial charge in [0.2, 0.25) is 0 Å². The predicted molar refractivity (Wildman–Crippen MR) is 86.1 cm³/mol. The summed E-state index contributed by atoms with van der Waals surface area (Å²) in [7, 11) is -1.45. The minimum atomic E-state index is -1.45. The number of amides is 1. The van der Waals surface area contributed by atoms with Crippen LogP contribution in [0.3, 0.4) is 0 Å². The van der Waals surface area contributed by atoms with Crippen LogP contribution in [0.2, 0.25) is 19.6 Å². The van der Waals surface area contributed by atoms with Crippen LogP contribution in [0.4, 0.5) is 9.93 Å². The number of carbonyl (C=O) groups is 1. The van der Waals surface area contributed by atoms with Crippen LogP contribution in [-0.4, -0.2) is 35.7 Å². The first-order valence-corrected chi connectivity index (χ1v) is 10.8. The largest absolute Gasteiger partial charge is 0.450 e. The van der Waals surface area contributed by atoms with E-state index in [1.54, 1.807) is 13.1 Å². The summed E-state index contributed by atoms with van der Waals surface area (Å²) >= 11 is 1.25. The monoisotopic (exact) mass is 320 g/mol. The van der Waals surface area contributed by atoms with Gasteiger partial charge in [0.25, 0.3) is 0 Å². The Balaban J connectivity index is 2.23. The topological polar surface area (TPSA) is 77.0 Å². The summed E-state index contributed by atoms with van der Waals surface area (Å²) in [6.07, 6.45) is 1.07. The van der Waals surface area contributed by atoms with Crippen LogP contribution in [0.1, 0.15) is 12.6 Å². The molecule has 0 aromatic carbocycles. The second-order valence-electron chi connectivity index (χ2n) is 5.25. The maximum Gasteiger partial charge on any atom is 0.413 e. The third-order valence-electron chi connectivity index (χ3n) is 2.17. The SMILES string of the molecule is CCOC(=O)Nc1nc2ncc(C#C[Si](C)(C)C)nc2s1. The summed E-state index contributed by atoms with van der Waals surface area (Å²) < 4.78 is 4.80. The lowest BCUT2D eigenvalue weighted by atomic mass is 10.5. The van der Waals surface area contributed by atoms with E-state index in [2.05, 4.69) is 51.4 Å². The molecule has 2 aromatic rings. The van der Waals surface area contributed by atoms with Crippen LogP contribution in [0, 0.1) is 11.5 Å². The highest BCUT2D eigenvalue weighted by molar-refractivity contribution is 7.21. The molecule has 1 N–H and O–H groups in total. The van der Waals surface area contributed by atoms with E-state index in [0.717, 1.165) is 0 Å². The van der Waals surface area contributed by atoms with Gasteiger partial charge in [-0.25, -0.2) is 14.8 Å². The number of carbonyl (C=O) groups excluding carboxylic acids is 1. The highest BCUT2D eigenvalue weighted by atomic mass is 32.1. The molecule has 0 aliphatic carbocycles. The van der Waals surface area contributed by atoms with Crippen molar-refractivity contribution in [3.8, 4) is 11.5 Å². The fourth-order valence-electron chi connectivity index (χ4n) is 1.34. The summed E-state index contributed by atoms with van der Waals surface area (Å²) in [6, 6.07) is 0. The second kappa shape index (κ2) is 6.20. The number of rotatable bonds is 2. The molecule has 0 aliphatic rings. The van der Waals surface area contributed by atoms with Crippen molar-refractivity contribution in [3.05, 3.63) is 11.9 Å². The molecule has 2 heterocycles. The van der Waals surface area contributed by atoms with Crippen molar-refractivity contribution in [1.82, 2.24) is 15.0 Å². The van der Waals surface area contributed by atoms with E-state index in [1.807, 2.05) is 0 Å². The molecule has 0 bridgehead atoms. The Labute approximate surface area is 128 Å².